The number of benzene rings is 1. The zero-order valence-corrected chi connectivity index (χ0v) is 12.5. The second-order valence-corrected chi connectivity index (χ2v) is 5.12. The minimum Gasteiger partial charge on any atom is -0.348 e. The first kappa shape index (κ1) is 15.2. The van der Waals surface area contributed by atoms with Gasteiger partial charge in [-0.1, -0.05) is 24.3 Å². The van der Waals surface area contributed by atoms with E-state index in [0.29, 0.717) is 18.7 Å². The summed E-state index contributed by atoms with van der Waals surface area (Å²) in [5.41, 5.74) is 10.1. The molecule has 0 saturated heterocycles. The van der Waals surface area contributed by atoms with Gasteiger partial charge in [-0.2, -0.15) is 0 Å². The highest BCUT2D eigenvalue weighted by Gasteiger charge is 2.09. The fourth-order valence-electron chi connectivity index (χ4n) is 2.19. The van der Waals surface area contributed by atoms with Crippen molar-refractivity contribution in [2.75, 3.05) is 6.54 Å². The van der Waals surface area contributed by atoms with E-state index in [4.69, 9.17) is 5.73 Å². The third-order valence-corrected chi connectivity index (χ3v) is 3.38. The number of hydrogen-bond acceptors (Lipinski definition) is 3. The van der Waals surface area contributed by atoms with Gasteiger partial charge in [0.1, 0.15) is 0 Å². The molecule has 0 aliphatic heterocycles. The van der Waals surface area contributed by atoms with Crippen LogP contribution in [0.1, 0.15) is 32.9 Å². The number of nitrogens with one attached hydrogen (secondary N) is 1. The van der Waals surface area contributed by atoms with E-state index in [1.807, 2.05) is 50.2 Å². The van der Waals surface area contributed by atoms with Crippen LogP contribution in [0.3, 0.4) is 0 Å². The van der Waals surface area contributed by atoms with Crippen molar-refractivity contribution in [2.45, 2.75) is 26.8 Å². The number of nitrogens with two attached hydrogens (primary N) is 1. The summed E-state index contributed by atoms with van der Waals surface area (Å²) in [4.78, 5) is 16.5. The number of carbonyl (C=O) groups excluding carboxylic acids is 1. The summed E-state index contributed by atoms with van der Waals surface area (Å²) in [6.45, 7) is 4.92. The van der Waals surface area contributed by atoms with Crippen LogP contribution in [0, 0.1) is 13.8 Å². The zero-order chi connectivity index (χ0) is 15.2. The van der Waals surface area contributed by atoms with Crippen LogP contribution in [0.4, 0.5) is 0 Å². The molecule has 1 aromatic carbocycles. The Balaban J connectivity index is 1.97. The molecular weight excluding hydrogens is 262 g/mol. The predicted octanol–water partition coefficient (Wildman–Crippen LogP) is 2.13. The van der Waals surface area contributed by atoms with Crippen molar-refractivity contribution in [2.24, 2.45) is 5.73 Å². The van der Waals surface area contributed by atoms with Crippen LogP contribution in [0.25, 0.3) is 0 Å². The van der Waals surface area contributed by atoms with Crippen LogP contribution in [0.5, 0.6) is 0 Å². The zero-order valence-electron chi connectivity index (χ0n) is 12.5. The highest BCUT2D eigenvalue weighted by Crippen LogP contribution is 2.08. The molecule has 1 amide bonds. The third kappa shape index (κ3) is 4.13. The first-order chi connectivity index (χ1) is 10.1. The molecule has 2 rings (SSSR count). The van der Waals surface area contributed by atoms with E-state index in [1.54, 1.807) is 0 Å². The average Bonchev–Trinajstić information content (AvgIpc) is 2.46. The number of nitrogens with zero attached hydrogens (tertiary/aromatic N) is 1. The van der Waals surface area contributed by atoms with Crippen LogP contribution in [0.2, 0.25) is 0 Å². The van der Waals surface area contributed by atoms with Crippen molar-refractivity contribution in [3.05, 3.63) is 64.5 Å². The molecule has 0 aliphatic carbocycles. The first-order valence-electron chi connectivity index (χ1n) is 7.10. The molecule has 0 atom stereocenters. The lowest BCUT2D eigenvalue weighted by Gasteiger charge is -2.08. The van der Waals surface area contributed by atoms with Gasteiger partial charge in [0.05, 0.1) is 11.3 Å². The van der Waals surface area contributed by atoms with E-state index >= 15 is 0 Å². The van der Waals surface area contributed by atoms with Gasteiger partial charge in [0.25, 0.3) is 5.91 Å². The van der Waals surface area contributed by atoms with Crippen LogP contribution in [-0.4, -0.2) is 17.4 Å². The highest BCUT2D eigenvalue weighted by atomic mass is 16.1. The molecule has 2 aromatic rings. The SMILES string of the molecule is Cc1ccc(C(=O)NCc2ccc(CCN)cc2)c(C)n1. The van der Waals surface area contributed by atoms with E-state index in [9.17, 15) is 4.79 Å². The summed E-state index contributed by atoms with van der Waals surface area (Å²) in [5.74, 6) is -0.0916. The molecule has 0 radical (unpaired) electrons. The minimum absolute atomic E-state index is 0.0916. The molecule has 0 spiro atoms. The minimum atomic E-state index is -0.0916. The molecule has 3 N–H and O–H groups in total. The Kier molecular flexibility index (Phi) is 5.06. The monoisotopic (exact) mass is 283 g/mol. The number of hydrogen-bond donors (Lipinski definition) is 2. The van der Waals surface area contributed by atoms with Gasteiger partial charge in [-0.3, -0.25) is 9.78 Å². The Morgan fingerprint density at radius 2 is 1.76 bits per heavy atom. The normalized spacial score (nSPS) is 10.4. The van der Waals surface area contributed by atoms with Crippen LogP contribution >= 0.6 is 0 Å². The van der Waals surface area contributed by atoms with Crippen molar-refractivity contribution in [3.8, 4) is 0 Å². The lowest BCUT2D eigenvalue weighted by Crippen LogP contribution is -2.24. The van der Waals surface area contributed by atoms with Crippen molar-refractivity contribution in [3.63, 3.8) is 0 Å². The molecule has 4 nitrogen and oxygen atoms in total. The van der Waals surface area contributed by atoms with Gasteiger partial charge in [-0.15, -0.1) is 0 Å². The second kappa shape index (κ2) is 6.99. The summed E-state index contributed by atoms with van der Waals surface area (Å²) in [6.07, 6.45) is 0.876. The number of amides is 1. The Bertz CT molecular complexity index is 620. The molecule has 21 heavy (non-hydrogen) atoms. The van der Waals surface area contributed by atoms with Gasteiger partial charge in [-0.25, -0.2) is 0 Å². The topological polar surface area (TPSA) is 68.0 Å². The first-order valence-corrected chi connectivity index (χ1v) is 7.10. The Morgan fingerprint density at radius 3 is 2.38 bits per heavy atom. The summed E-state index contributed by atoms with van der Waals surface area (Å²) < 4.78 is 0. The summed E-state index contributed by atoms with van der Waals surface area (Å²) in [5, 5.41) is 2.92. The third-order valence-electron chi connectivity index (χ3n) is 3.38. The smallest absolute Gasteiger partial charge is 0.253 e. The number of aromatic nitrogens is 1. The molecule has 1 aromatic heterocycles. The number of aryl methyl sites for hydroxylation is 2. The molecule has 0 saturated carbocycles. The van der Waals surface area contributed by atoms with Crippen molar-refractivity contribution in [1.82, 2.24) is 10.3 Å². The number of pyridine rings is 1. The van der Waals surface area contributed by atoms with Crippen LogP contribution in [-0.2, 0) is 13.0 Å². The molecule has 0 bridgehead atoms. The summed E-state index contributed by atoms with van der Waals surface area (Å²) in [6, 6.07) is 11.8. The van der Waals surface area contributed by atoms with Gasteiger partial charge < -0.3 is 11.1 Å². The molecule has 4 heteroatoms. The summed E-state index contributed by atoms with van der Waals surface area (Å²) in [7, 11) is 0. The van der Waals surface area contributed by atoms with Gasteiger partial charge in [0, 0.05) is 12.2 Å². The predicted molar refractivity (Wildman–Crippen MR) is 84.1 cm³/mol. The molecule has 0 fully saturated rings. The average molecular weight is 283 g/mol. The van der Waals surface area contributed by atoms with E-state index in [1.165, 1.54) is 5.56 Å². The maximum atomic E-state index is 12.2. The van der Waals surface area contributed by atoms with Crippen LogP contribution < -0.4 is 11.1 Å². The molecule has 1 heterocycles. The number of carbonyl (C=O) groups is 1. The second-order valence-electron chi connectivity index (χ2n) is 5.12. The fourth-order valence-corrected chi connectivity index (χ4v) is 2.19. The Morgan fingerprint density at radius 1 is 1.10 bits per heavy atom. The summed E-state index contributed by atoms with van der Waals surface area (Å²) >= 11 is 0. The van der Waals surface area contributed by atoms with E-state index in [0.717, 1.165) is 23.4 Å². The van der Waals surface area contributed by atoms with Crippen molar-refractivity contribution >= 4 is 5.91 Å². The van der Waals surface area contributed by atoms with E-state index in [-0.39, 0.29) is 5.91 Å². The molecular formula is C17H21N3O. The fraction of sp³-hybridized carbons (Fsp3) is 0.294. The van der Waals surface area contributed by atoms with E-state index < -0.39 is 0 Å². The van der Waals surface area contributed by atoms with E-state index in [2.05, 4.69) is 10.3 Å². The van der Waals surface area contributed by atoms with Gasteiger partial charge in [0.15, 0.2) is 0 Å². The quantitative estimate of drug-likeness (QED) is 0.883. The molecule has 0 unspecified atom stereocenters. The Hall–Kier alpha value is -2.20. The maximum Gasteiger partial charge on any atom is 0.253 e. The van der Waals surface area contributed by atoms with Crippen molar-refractivity contribution in [1.29, 1.82) is 0 Å². The number of rotatable bonds is 5. The van der Waals surface area contributed by atoms with Crippen molar-refractivity contribution < 1.29 is 4.79 Å². The van der Waals surface area contributed by atoms with Gasteiger partial charge in [0.2, 0.25) is 0 Å². The lowest BCUT2D eigenvalue weighted by molar-refractivity contribution is 0.0950. The standard InChI is InChI=1S/C17H21N3O/c1-12-3-8-16(13(2)20-12)17(21)19-11-15-6-4-14(5-7-15)9-10-18/h3-8H,9-11,18H2,1-2H3,(H,19,21). The molecule has 0 aliphatic rings. The highest BCUT2D eigenvalue weighted by molar-refractivity contribution is 5.95. The lowest BCUT2D eigenvalue weighted by atomic mass is 10.1. The van der Waals surface area contributed by atoms with Gasteiger partial charge >= 0.3 is 0 Å². The van der Waals surface area contributed by atoms with Crippen LogP contribution in [0.15, 0.2) is 36.4 Å². The Labute approximate surface area is 125 Å². The van der Waals surface area contributed by atoms with Gasteiger partial charge in [-0.05, 0) is 50.1 Å². The maximum absolute atomic E-state index is 12.2. The largest absolute Gasteiger partial charge is 0.348 e. The molecule has 110 valence electrons.